The van der Waals surface area contributed by atoms with Gasteiger partial charge in [-0.05, 0) is 51.0 Å². The second kappa shape index (κ2) is 3.88. The van der Waals surface area contributed by atoms with Crippen LogP contribution < -0.4 is 5.73 Å². The summed E-state index contributed by atoms with van der Waals surface area (Å²) in [5.74, 6) is 0. The summed E-state index contributed by atoms with van der Waals surface area (Å²) >= 11 is 0. The van der Waals surface area contributed by atoms with Gasteiger partial charge in [-0.2, -0.15) is 0 Å². The molecule has 0 unspecified atom stereocenters. The van der Waals surface area contributed by atoms with E-state index in [4.69, 9.17) is 5.73 Å². The van der Waals surface area contributed by atoms with E-state index in [9.17, 15) is 0 Å². The molecule has 0 aromatic rings. The van der Waals surface area contributed by atoms with Crippen molar-refractivity contribution in [3.63, 3.8) is 0 Å². The molecule has 0 amide bonds. The second-order valence-corrected chi connectivity index (χ2v) is 3.90. The summed E-state index contributed by atoms with van der Waals surface area (Å²) in [6.07, 6.45) is 6.89. The van der Waals surface area contributed by atoms with Gasteiger partial charge in [-0.25, -0.2) is 0 Å². The summed E-state index contributed by atoms with van der Waals surface area (Å²) < 4.78 is 0. The Bertz CT molecular complexity index is 270. The van der Waals surface area contributed by atoms with E-state index in [2.05, 4.69) is 31.8 Å². The Labute approximate surface area is 80.2 Å². The van der Waals surface area contributed by atoms with Crippen LogP contribution >= 0.6 is 0 Å². The van der Waals surface area contributed by atoms with Crippen LogP contribution in [-0.4, -0.2) is 18.3 Å². The van der Waals surface area contributed by atoms with Crippen LogP contribution in [0, 0.1) is 0 Å². The van der Waals surface area contributed by atoms with Gasteiger partial charge in [-0.1, -0.05) is 6.08 Å². The van der Waals surface area contributed by atoms with Crippen molar-refractivity contribution >= 4 is 6.21 Å². The number of rotatable bonds is 2. The lowest BCUT2D eigenvalue weighted by Gasteiger charge is -2.24. The fraction of sp³-hybridized carbons (Fsp3) is 0.545. The lowest BCUT2D eigenvalue weighted by atomic mass is 9.88. The minimum Gasteiger partial charge on any atom is -0.330 e. The summed E-state index contributed by atoms with van der Waals surface area (Å²) in [5, 5.41) is 0. The molecule has 0 radical (unpaired) electrons. The van der Waals surface area contributed by atoms with Crippen molar-refractivity contribution in [3.8, 4) is 0 Å². The Hall–Kier alpha value is -0.890. The molecule has 0 aromatic carbocycles. The van der Waals surface area contributed by atoms with Crippen LogP contribution in [0.15, 0.2) is 28.3 Å². The van der Waals surface area contributed by atoms with Gasteiger partial charge in [0, 0.05) is 6.21 Å². The van der Waals surface area contributed by atoms with Gasteiger partial charge < -0.3 is 5.73 Å². The predicted octanol–water partition coefficient (Wildman–Crippen LogP) is 2.07. The SMILES string of the molecule is CC1=C(CCN)C(C)(C)N=CC=C1. The molecular weight excluding hydrogens is 160 g/mol. The molecule has 72 valence electrons. The Morgan fingerprint density at radius 2 is 2.15 bits per heavy atom. The zero-order valence-corrected chi connectivity index (χ0v) is 8.67. The molecule has 0 spiro atoms. The van der Waals surface area contributed by atoms with Crippen LogP contribution in [0.5, 0.6) is 0 Å². The molecule has 0 aliphatic carbocycles. The standard InChI is InChI=1S/C11H18N2/c1-9-5-4-8-13-11(2,3)10(9)6-7-12/h4-5,8H,6-7,12H2,1-3H3. The predicted molar refractivity (Wildman–Crippen MR) is 58.1 cm³/mol. The Morgan fingerprint density at radius 1 is 1.46 bits per heavy atom. The maximum absolute atomic E-state index is 5.58. The van der Waals surface area contributed by atoms with Crippen LogP contribution in [0.4, 0.5) is 0 Å². The van der Waals surface area contributed by atoms with Crippen LogP contribution in [0.1, 0.15) is 27.2 Å². The van der Waals surface area contributed by atoms with Crippen LogP contribution in [-0.2, 0) is 0 Å². The van der Waals surface area contributed by atoms with E-state index in [0.717, 1.165) is 6.42 Å². The van der Waals surface area contributed by atoms with E-state index in [0.29, 0.717) is 6.54 Å². The van der Waals surface area contributed by atoms with Gasteiger partial charge in [0.05, 0.1) is 5.54 Å². The molecule has 1 heterocycles. The lowest BCUT2D eigenvalue weighted by Crippen LogP contribution is -2.23. The molecular formula is C11H18N2. The topological polar surface area (TPSA) is 38.4 Å². The smallest absolute Gasteiger partial charge is 0.0766 e. The van der Waals surface area contributed by atoms with E-state index in [1.807, 2.05) is 12.3 Å². The molecule has 2 heteroatoms. The molecule has 0 bridgehead atoms. The Balaban J connectivity index is 3.05. The molecule has 0 saturated heterocycles. The van der Waals surface area contributed by atoms with Crippen LogP contribution in [0.3, 0.4) is 0 Å². The summed E-state index contributed by atoms with van der Waals surface area (Å²) in [6.45, 7) is 7.08. The average molecular weight is 178 g/mol. The monoisotopic (exact) mass is 178 g/mol. The number of nitrogens with two attached hydrogens (primary N) is 1. The van der Waals surface area contributed by atoms with Crippen molar-refractivity contribution in [1.29, 1.82) is 0 Å². The first-order chi connectivity index (χ1) is 6.08. The highest BCUT2D eigenvalue weighted by atomic mass is 14.8. The van der Waals surface area contributed by atoms with E-state index >= 15 is 0 Å². The summed E-state index contributed by atoms with van der Waals surface area (Å²) in [4.78, 5) is 4.48. The minimum absolute atomic E-state index is 0.0903. The fourth-order valence-electron chi connectivity index (χ4n) is 1.73. The molecule has 0 atom stereocenters. The maximum Gasteiger partial charge on any atom is 0.0766 e. The zero-order valence-electron chi connectivity index (χ0n) is 8.67. The summed E-state index contributed by atoms with van der Waals surface area (Å²) in [5.41, 5.74) is 8.14. The number of allylic oxidation sites excluding steroid dienone is 3. The third-order valence-corrected chi connectivity index (χ3v) is 2.44. The first-order valence-corrected chi connectivity index (χ1v) is 4.70. The average Bonchev–Trinajstić information content (AvgIpc) is 2.17. The van der Waals surface area contributed by atoms with E-state index in [1.54, 1.807) is 0 Å². The third-order valence-electron chi connectivity index (χ3n) is 2.44. The lowest BCUT2D eigenvalue weighted by molar-refractivity contribution is 0.586. The molecule has 13 heavy (non-hydrogen) atoms. The van der Waals surface area contributed by atoms with Gasteiger partial charge >= 0.3 is 0 Å². The zero-order chi connectivity index (χ0) is 9.90. The molecule has 0 saturated carbocycles. The van der Waals surface area contributed by atoms with Crippen molar-refractivity contribution in [2.75, 3.05) is 6.54 Å². The molecule has 2 N–H and O–H groups in total. The minimum atomic E-state index is -0.0903. The van der Waals surface area contributed by atoms with E-state index in [-0.39, 0.29) is 5.54 Å². The largest absolute Gasteiger partial charge is 0.330 e. The summed E-state index contributed by atoms with van der Waals surface area (Å²) in [6, 6.07) is 0. The molecule has 0 aromatic heterocycles. The number of hydrogen-bond donors (Lipinski definition) is 1. The van der Waals surface area contributed by atoms with Gasteiger partial charge in [0.15, 0.2) is 0 Å². The van der Waals surface area contributed by atoms with Crippen molar-refractivity contribution in [3.05, 3.63) is 23.3 Å². The van der Waals surface area contributed by atoms with Gasteiger partial charge in [0.1, 0.15) is 0 Å². The highest BCUT2D eigenvalue weighted by Gasteiger charge is 2.22. The van der Waals surface area contributed by atoms with Crippen LogP contribution in [0.25, 0.3) is 0 Å². The third kappa shape index (κ3) is 2.28. The first-order valence-electron chi connectivity index (χ1n) is 4.70. The first kappa shape index (κ1) is 10.2. The molecule has 2 nitrogen and oxygen atoms in total. The van der Waals surface area contributed by atoms with Gasteiger partial charge in [0.25, 0.3) is 0 Å². The normalized spacial score (nSPS) is 20.6. The number of aliphatic imine (C=N–C) groups is 1. The van der Waals surface area contributed by atoms with Gasteiger partial charge in [-0.15, -0.1) is 0 Å². The Kier molecular flexibility index (Phi) is 3.04. The number of nitrogens with zero attached hydrogens (tertiary/aromatic N) is 1. The van der Waals surface area contributed by atoms with Gasteiger partial charge in [0.2, 0.25) is 0 Å². The molecule has 1 rings (SSSR count). The Morgan fingerprint density at radius 3 is 2.77 bits per heavy atom. The van der Waals surface area contributed by atoms with Crippen molar-refractivity contribution in [2.45, 2.75) is 32.7 Å². The second-order valence-electron chi connectivity index (χ2n) is 3.90. The van der Waals surface area contributed by atoms with Crippen molar-refractivity contribution in [2.24, 2.45) is 10.7 Å². The quantitative estimate of drug-likeness (QED) is 0.690. The highest BCUT2D eigenvalue weighted by molar-refractivity contribution is 5.74. The molecule has 1 aliphatic heterocycles. The van der Waals surface area contributed by atoms with E-state index in [1.165, 1.54) is 11.1 Å². The summed E-state index contributed by atoms with van der Waals surface area (Å²) in [7, 11) is 0. The fourth-order valence-corrected chi connectivity index (χ4v) is 1.73. The van der Waals surface area contributed by atoms with E-state index < -0.39 is 0 Å². The van der Waals surface area contributed by atoms with Crippen molar-refractivity contribution < 1.29 is 0 Å². The van der Waals surface area contributed by atoms with Gasteiger partial charge in [-0.3, -0.25) is 4.99 Å². The maximum atomic E-state index is 5.58. The van der Waals surface area contributed by atoms with Crippen LogP contribution in [0.2, 0.25) is 0 Å². The van der Waals surface area contributed by atoms with Crippen molar-refractivity contribution in [1.82, 2.24) is 0 Å². The number of hydrogen-bond acceptors (Lipinski definition) is 2. The molecule has 0 fully saturated rings. The highest BCUT2D eigenvalue weighted by Crippen LogP contribution is 2.28. The molecule has 1 aliphatic rings.